The van der Waals surface area contributed by atoms with Crippen molar-refractivity contribution in [1.82, 2.24) is 20.6 Å². The van der Waals surface area contributed by atoms with Crippen LogP contribution in [0.25, 0.3) is 0 Å². The Kier molecular flexibility index (Phi) is 3.00. The molecular weight excluding hydrogens is 192 g/mol. The lowest BCUT2D eigenvalue weighted by molar-refractivity contribution is -0.0880. The van der Waals surface area contributed by atoms with Crippen LogP contribution in [0.4, 0.5) is 0 Å². The number of nitrogens with zero attached hydrogens (tertiary/aromatic N) is 3. The molecule has 1 aliphatic rings. The molecule has 0 amide bonds. The number of ether oxygens (including phenoxy) is 1. The van der Waals surface area contributed by atoms with E-state index in [0.717, 1.165) is 18.7 Å². The van der Waals surface area contributed by atoms with Gasteiger partial charge in [0.25, 0.3) is 0 Å². The molecule has 1 aliphatic carbocycles. The van der Waals surface area contributed by atoms with Gasteiger partial charge < -0.3 is 4.74 Å². The van der Waals surface area contributed by atoms with Gasteiger partial charge in [0.15, 0.2) is 0 Å². The molecule has 1 fully saturated rings. The Morgan fingerprint density at radius 1 is 1.60 bits per heavy atom. The quantitative estimate of drug-likeness (QED) is 0.823. The fraction of sp³-hybridized carbons (Fsp3) is 0.900. The molecule has 84 valence electrons. The summed E-state index contributed by atoms with van der Waals surface area (Å²) < 4.78 is 5.90. The first kappa shape index (κ1) is 10.5. The summed E-state index contributed by atoms with van der Waals surface area (Å²) in [5, 5.41) is 14.3. The van der Waals surface area contributed by atoms with Crippen LogP contribution in [0.2, 0.25) is 0 Å². The largest absolute Gasteiger partial charge is 0.367 e. The van der Waals surface area contributed by atoms with Crippen molar-refractivity contribution in [2.75, 3.05) is 6.61 Å². The predicted octanol–water partition coefficient (Wildman–Crippen LogP) is 1.64. The van der Waals surface area contributed by atoms with Crippen LogP contribution in [0.1, 0.15) is 45.4 Å². The molecule has 5 nitrogen and oxygen atoms in total. The summed E-state index contributed by atoms with van der Waals surface area (Å²) in [6.07, 6.45) is 4.45. The third-order valence-electron chi connectivity index (χ3n) is 3.13. The van der Waals surface area contributed by atoms with Crippen molar-refractivity contribution in [3.8, 4) is 0 Å². The molecule has 2 rings (SSSR count). The smallest absolute Gasteiger partial charge is 0.206 e. The van der Waals surface area contributed by atoms with Crippen LogP contribution in [0.5, 0.6) is 0 Å². The van der Waals surface area contributed by atoms with E-state index in [1.165, 1.54) is 12.8 Å². The summed E-state index contributed by atoms with van der Waals surface area (Å²) in [6, 6.07) is 0. The Balaban J connectivity index is 2.23. The number of aromatic amines is 1. The molecule has 5 heteroatoms. The molecule has 1 N–H and O–H groups in total. The Morgan fingerprint density at radius 2 is 2.47 bits per heavy atom. The van der Waals surface area contributed by atoms with Gasteiger partial charge in [-0.25, -0.2) is 0 Å². The van der Waals surface area contributed by atoms with Crippen molar-refractivity contribution in [3.05, 3.63) is 5.82 Å². The van der Waals surface area contributed by atoms with Crippen LogP contribution >= 0.6 is 0 Å². The Bertz CT molecular complexity index is 296. The minimum Gasteiger partial charge on any atom is -0.367 e. The zero-order valence-corrected chi connectivity index (χ0v) is 9.36. The van der Waals surface area contributed by atoms with Gasteiger partial charge in [-0.1, -0.05) is 18.6 Å². The van der Waals surface area contributed by atoms with E-state index in [4.69, 9.17) is 4.74 Å². The van der Waals surface area contributed by atoms with Crippen molar-refractivity contribution >= 4 is 0 Å². The predicted molar refractivity (Wildman–Crippen MR) is 55.1 cm³/mol. The highest BCUT2D eigenvalue weighted by Gasteiger charge is 2.40. The van der Waals surface area contributed by atoms with Crippen LogP contribution in [0.15, 0.2) is 0 Å². The maximum Gasteiger partial charge on any atom is 0.206 e. The second kappa shape index (κ2) is 4.26. The monoisotopic (exact) mass is 210 g/mol. The fourth-order valence-electron chi connectivity index (χ4n) is 2.53. The molecule has 0 bridgehead atoms. The van der Waals surface area contributed by atoms with Gasteiger partial charge in [0.05, 0.1) is 0 Å². The molecule has 1 aromatic rings. The summed E-state index contributed by atoms with van der Waals surface area (Å²) in [7, 11) is 0. The third-order valence-corrected chi connectivity index (χ3v) is 3.13. The molecular formula is C10H18N4O. The zero-order chi connectivity index (χ0) is 10.7. The fourth-order valence-corrected chi connectivity index (χ4v) is 2.53. The highest BCUT2D eigenvalue weighted by molar-refractivity contribution is 5.01. The van der Waals surface area contributed by atoms with Crippen LogP contribution in [-0.4, -0.2) is 27.2 Å². The average molecular weight is 210 g/mol. The third kappa shape index (κ3) is 2.02. The lowest BCUT2D eigenvalue weighted by Crippen LogP contribution is -2.36. The minimum absolute atomic E-state index is 0.292. The van der Waals surface area contributed by atoms with E-state index in [9.17, 15) is 0 Å². The molecule has 0 saturated heterocycles. The second-order valence-corrected chi connectivity index (χ2v) is 4.36. The van der Waals surface area contributed by atoms with E-state index >= 15 is 0 Å². The lowest BCUT2D eigenvalue weighted by Gasteiger charge is -2.37. The Labute approximate surface area is 89.6 Å². The van der Waals surface area contributed by atoms with Crippen molar-refractivity contribution < 1.29 is 4.74 Å². The van der Waals surface area contributed by atoms with E-state index < -0.39 is 0 Å². The molecule has 2 unspecified atom stereocenters. The number of hydrogen-bond donors (Lipinski definition) is 1. The second-order valence-electron chi connectivity index (χ2n) is 4.36. The van der Waals surface area contributed by atoms with Gasteiger partial charge in [0, 0.05) is 6.61 Å². The molecule has 1 saturated carbocycles. The van der Waals surface area contributed by atoms with Crippen molar-refractivity contribution in [2.45, 2.75) is 45.1 Å². The SMILES string of the molecule is CCOC1(c2nn[nH]n2)CCCC(C)C1. The van der Waals surface area contributed by atoms with Gasteiger partial charge in [-0.15, -0.1) is 10.2 Å². The first-order chi connectivity index (χ1) is 7.27. The van der Waals surface area contributed by atoms with Crippen LogP contribution in [0.3, 0.4) is 0 Å². The Morgan fingerprint density at radius 3 is 3.07 bits per heavy atom. The van der Waals surface area contributed by atoms with Crippen LogP contribution < -0.4 is 0 Å². The van der Waals surface area contributed by atoms with Gasteiger partial charge >= 0.3 is 0 Å². The molecule has 1 aromatic heterocycles. The molecule has 2 atom stereocenters. The van der Waals surface area contributed by atoms with Gasteiger partial charge in [-0.05, 0) is 32.1 Å². The zero-order valence-electron chi connectivity index (χ0n) is 9.36. The number of H-pyrrole nitrogens is 1. The summed E-state index contributed by atoms with van der Waals surface area (Å²) in [5.74, 6) is 1.39. The first-order valence-corrected chi connectivity index (χ1v) is 5.65. The van der Waals surface area contributed by atoms with E-state index in [2.05, 4.69) is 27.5 Å². The number of nitrogens with one attached hydrogen (secondary N) is 1. The summed E-state index contributed by atoms with van der Waals surface area (Å²) in [6.45, 7) is 4.97. The van der Waals surface area contributed by atoms with E-state index in [1.807, 2.05) is 6.92 Å². The lowest BCUT2D eigenvalue weighted by atomic mass is 9.78. The number of tetrazole rings is 1. The van der Waals surface area contributed by atoms with Gasteiger partial charge in [0.1, 0.15) is 5.60 Å². The summed E-state index contributed by atoms with van der Waals surface area (Å²) in [5.41, 5.74) is -0.292. The number of aromatic nitrogens is 4. The van der Waals surface area contributed by atoms with Crippen molar-refractivity contribution in [1.29, 1.82) is 0 Å². The molecule has 15 heavy (non-hydrogen) atoms. The molecule has 0 radical (unpaired) electrons. The topological polar surface area (TPSA) is 63.7 Å². The standard InChI is InChI=1S/C10H18N4O/c1-3-15-10(9-11-13-14-12-9)6-4-5-8(2)7-10/h8H,3-7H2,1-2H3,(H,11,12,13,14). The Hall–Kier alpha value is -0.970. The van der Waals surface area contributed by atoms with Crippen LogP contribution in [0, 0.1) is 5.92 Å². The molecule has 1 heterocycles. The molecule has 0 aromatic carbocycles. The highest BCUT2D eigenvalue weighted by atomic mass is 16.5. The summed E-state index contributed by atoms with van der Waals surface area (Å²) in [4.78, 5) is 0. The first-order valence-electron chi connectivity index (χ1n) is 5.65. The normalized spacial score (nSPS) is 31.7. The maximum atomic E-state index is 5.90. The maximum absolute atomic E-state index is 5.90. The summed E-state index contributed by atoms with van der Waals surface area (Å²) >= 11 is 0. The molecule has 0 spiro atoms. The van der Waals surface area contributed by atoms with E-state index in [0.29, 0.717) is 12.5 Å². The minimum atomic E-state index is -0.292. The average Bonchev–Trinajstić information content (AvgIpc) is 2.71. The van der Waals surface area contributed by atoms with Gasteiger partial charge in [0.2, 0.25) is 5.82 Å². The van der Waals surface area contributed by atoms with Gasteiger partial charge in [-0.3, -0.25) is 0 Å². The highest BCUT2D eigenvalue weighted by Crippen LogP contribution is 2.40. The van der Waals surface area contributed by atoms with Crippen LogP contribution in [-0.2, 0) is 10.3 Å². The number of rotatable bonds is 3. The van der Waals surface area contributed by atoms with E-state index in [1.54, 1.807) is 0 Å². The van der Waals surface area contributed by atoms with E-state index in [-0.39, 0.29) is 5.60 Å². The number of hydrogen-bond acceptors (Lipinski definition) is 4. The van der Waals surface area contributed by atoms with Gasteiger partial charge in [-0.2, -0.15) is 5.21 Å². The van der Waals surface area contributed by atoms with Crippen molar-refractivity contribution in [3.63, 3.8) is 0 Å². The molecule has 0 aliphatic heterocycles. The van der Waals surface area contributed by atoms with Crippen molar-refractivity contribution in [2.24, 2.45) is 5.92 Å².